The molecule has 0 spiro atoms. The van der Waals surface area contributed by atoms with Gasteiger partial charge in [0, 0.05) is 35.9 Å². The molecule has 1 aromatic heterocycles. The molecular weight excluding hydrogens is 382 g/mol. The second-order valence-electron chi connectivity index (χ2n) is 5.92. The molecule has 1 N–H and O–H groups in total. The largest absolute Gasteiger partial charge is 0.439 e. The summed E-state index contributed by atoms with van der Waals surface area (Å²) in [6.07, 6.45) is 1.53. The second-order valence-corrected chi connectivity index (χ2v) is 6.84. The molecule has 0 aliphatic carbocycles. The molecule has 2 rings (SSSR count). The number of likely N-dealkylation sites (N-methyl/N-ethyl adjacent to an activating group) is 1. The van der Waals surface area contributed by atoms with Crippen molar-refractivity contribution in [2.75, 3.05) is 19.6 Å². The van der Waals surface area contributed by atoms with Crippen LogP contribution in [0.25, 0.3) is 0 Å². The summed E-state index contributed by atoms with van der Waals surface area (Å²) in [5, 5.41) is 2.93. The molecule has 0 aliphatic rings. The van der Waals surface area contributed by atoms with Gasteiger partial charge < -0.3 is 10.1 Å². The van der Waals surface area contributed by atoms with Crippen molar-refractivity contribution >= 4 is 21.8 Å². The van der Waals surface area contributed by atoms with Crippen LogP contribution in [0.3, 0.4) is 0 Å². The van der Waals surface area contributed by atoms with Crippen LogP contribution >= 0.6 is 15.9 Å². The summed E-state index contributed by atoms with van der Waals surface area (Å²) in [6.45, 7) is 8.84. The summed E-state index contributed by atoms with van der Waals surface area (Å²) in [5.41, 5.74) is 0.524. The number of benzene rings is 1. The van der Waals surface area contributed by atoms with Gasteiger partial charge in [0.1, 0.15) is 5.75 Å². The number of hydrogen-bond donors (Lipinski definition) is 1. The van der Waals surface area contributed by atoms with Crippen LogP contribution in [0.15, 0.2) is 47.1 Å². The van der Waals surface area contributed by atoms with Crippen LogP contribution in [-0.4, -0.2) is 41.5 Å². The molecule has 0 saturated heterocycles. The zero-order valence-corrected chi connectivity index (χ0v) is 16.4. The number of nitrogens with one attached hydrogen (secondary N) is 1. The highest BCUT2D eigenvalue weighted by atomic mass is 79.9. The molecule has 0 bridgehead atoms. The van der Waals surface area contributed by atoms with E-state index in [0.717, 1.165) is 17.6 Å². The van der Waals surface area contributed by atoms with Gasteiger partial charge in [0.25, 0.3) is 5.91 Å². The summed E-state index contributed by atoms with van der Waals surface area (Å²) in [5.74, 6) is 1.03. The van der Waals surface area contributed by atoms with Crippen molar-refractivity contribution in [2.24, 2.45) is 0 Å². The summed E-state index contributed by atoms with van der Waals surface area (Å²) < 4.78 is 6.64. The van der Waals surface area contributed by atoms with Gasteiger partial charge >= 0.3 is 0 Å². The number of carbonyl (C=O) groups is 1. The Morgan fingerprint density at radius 3 is 2.52 bits per heavy atom. The van der Waals surface area contributed by atoms with Crippen molar-refractivity contribution in [2.45, 2.75) is 26.8 Å². The normalized spacial score (nSPS) is 11.0. The number of ether oxygens (including phenoxy) is 1. The first-order valence-corrected chi connectivity index (χ1v) is 9.20. The summed E-state index contributed by atoms with van der Waals surface area (Å²) in [7, 11) is 0. The predicted molar refractivity (Wildman–Crippen MR) is 103 cm³/mol. The Hall–Kier alpha value is -1.92. The molecule has 0 radical (unpaired) electrons. The molecule has 0 saturated carbocycles. The van der Waals surface area contributed by atoms with E-state index in [0.29, 0.717) is 29.8 Å². The molecule has 6 heteroatoms. The Morgan fingerprint density at radius 2 is 1.96 bits per heavy atom. The van der Waals surface area contributed by atoms with Crippen LogP contribution in [0, 0.1) is 0 Å². The molecular formula is C19H24BrN3O2. The van der Waals surface area contributed by atoms with Crippen LogP contribution < -0.4 is 10.1 Å². The van der Waals surface area contributed by atoms with E-state index < -0.39 is 0 Å². The number of halogens is 1. The number of amides is 1. The molecule has 2 aromatic rings. The molecule has 1 aromatic carbocycles. The van der Waals surface area contributed by atoms with Crippen molar-refractivity contribution < 1.29 is 9.53 Å². The first-order valence-electron chi connectivity index (χ1n) is 8.41. The van der Waals surface area contributed by atoms with E-state index >= 15 is 0 Å². The third kappa shape index (κ3) is 6.14. The molecule has 1 amide bonds. The van der Waals surface area contributed by atoms with Crippen LogP contribution in [0.1, 0.15) is 31.1 Å². The lowest BCUT2D eigenvalue weighted by Gasteiger charge is -2.24. The standard InChI is InChI=1S/C19H24BrN3O2/c1-4-23(14(2)3)12-11-21-19(24)15-5-10-18(22-13-15)25-17-8-6-16(20)7-9-17/h5-10,13-14H,4,11-12H2,1-3H3,(H,21,24). The molecule has 134 valence electrons. The second kappa shape index (κ2) is 9.53. The lowest BCUT2D eigenvalue weighted by atomic mass is 10.2. The van der Waals surface area contributed by atoms with E-state index in [1.54, 1.807) is 12.1 Å². The number of aromatic nitrogens is 1. The lowest BCUT2D eigenvalue weighted by Crippen LogP contribution is -2.38. The van der Waals surface area contributed by atoms with Crippen molar-refractivity contribution in [1.82, 2.24) is 15.2 Å². The lowest BCUT2D eigenvalue weighted by molar-refractivity contribution is 0.0945. The van der Waals surface area contributed by atoms with Crippen molar-refractivity contribution in [3.63, 3.8) is 0 Å². The van der Waals surface area contributed by atoms with Gasteiger partial charge in [-0.3, -0.25) is 9.69 Å². The highest BCUT2D eigenvalue weighted by Gasteiger charge is 2.09. The van der Waals surface area contributed by atoms with Gasteiger partial charge in [-0.2, -0.15) is 0 Å². The smallest absolute Gasteiger partial charge is 0.252 e. The third-order valence-corrected chi connectivity index (χ3v) is 4.38. The van der Waals surface area contributed by atoms with Gasteiger partial charge in [-0.05, 0) is 50.7 Å². The van der Waals surface area contributed by atoms with Crippen molar-refractivity contribution in [1.29, 1.82) is 0 Å². The quantitative estimate of drug-likeness (QED) is 0.718. The average molecular weight is 406 g/mol. The Bertz CT molecular complexity index is 672. The van der Waals surface area contributed by atoms with Gasteiger partial charge in [0.15, 0.2) is 0 Å². The monoisotopic (exact) mass is 405 g/mol. The maximum atomic E-state index is 12.2. The highest BCUT2D eigenvalue weighted by molar-refractivity contribution is 9.10. The van der Waals surface area contributed by atoms with Crippen molar-refractivity contribution in [3.05, 3.63) is 52.6 Å². The minimum Gasteiger partial charge on any atom is -0.439 e. The SMILES string of the molecule is CCN(CCNC(=O)c1ccc(Oc2ccc(Br)cc2)nc1)C(C)C. The van der Waals surface area contributed by atoms with Gasteiger partial charge in [0.05, 0.1) is 5.56 Å². The molecule has 5 nitrogen and oxygen atoms in total. The van der Waals surface area contributed by atoms with Crippen LogP contribution in [-0.2, 0) is 0 Å². The fraction of sp³-hybridized carbons (Fsp3) is 0.368. The molecule has 25 heavy (non-hydrogen) atoms. The summed E-state index contributed by atoms with van der Waals surface area (Å²) >= 11 is 3.38. The number of carbonyl (C=O) groups excluding carboxylic acids is 1. The average Bonchev–Trinajstić information content (AvgIpc) is 2.61. The Morgan fingerprint density at radius 1 is 1.24 bits per heavy atom. The van der Waals surface area contributed by atoms with E-state index in [1.807, 2.05) is 24.3 Å². The molecule has 0 atom stereocenters. The van der Waals surface area contributed by atoms with Crippen LogP contribution in [0.5, 0.6) is 11.6 Å². The maximum Gasteiger partial charge on any atom is 0.252 e. The molecule has 0 unspecified atom stereocenters. The van der Waals surface area contributed by atoms with Crippen molar-refractivity contribution in [3.8, 4) is 11.6 Å². The first-order chi connectivity index (χ1) is 12.0. The molecule has 0 fully saturated rings. The number of nitrogens with zero attached hydrogens (tertiary/aromatic N) is 2. The number of hydrogen-bond acceptors (Lipinski definition) is 4. The predicted octanol–water partition coefficient (Wildman–Crippen LogP) is 4.10. The van der Waals surface area contributed by atoms with Gasteiger partial charge in [-0.25, -0.2) is 4.98 Å². The van der Waals surface area contributed by atoms with E-state index in [1.165, 1.54) is 6.20 Å². The van der Waals surface area contributed by atoms with E-state index in [9.17, 15) is 4.79 Å². The van der Waals surface area contributed by atoms with Crippen LogP contribution in [0.4, 0.5) is 0 Å². The van der Waals surface area contributed by atoms with E-state index in [2.05, 4.69) is 51.9 Å². The third-order valence-electron chi connectivity index (χ3n) is 3.86. The minimum atomic E-state index is -0.123. The topological polar surface area (TPSA) is 54.5 Å². The summed E-state index contributed by atoms with van der Waals surface area (Å²) in [6, 6.07) is 11.4. The Kier molecular flexibility index (Phi) is 7.40. The van der Waals surface area contributed by atoms with E-state index in [-0.39, 0.29) is 5.91 Å². The highest BCUT2D eigenvalue weighted by Crippen LogP contribution is 2.21. The zero-order valence-electron chi connectivity index (χ0n) is 14.8. The Balaban J connectivity index is 1.86. The van der Waals surface area contributed by atoms with Gasteiger partial charge in [-0.1, -0.05) is 22.9 Å². The number of rotatable bonds is 8. The zero-order chi connectivity index (χ0) is 18.2. The van der Waals surface area contributed by atoms with Gasteiger partial charge in [0.2, 0.25) is 5.88 Å². The van der Waals surface area contributed by atoms with E-state index in [4.69, 9.17) is 4.74 Å². The fourth-order valence-corrected chi connectivity index (χ4v) is 2.66. The minimum absolute atomic E-state index is 0.123. The molecule has 1 heterocycles. The maximum absolute atomic E-state index is 12.2. The molecule has 0 aliphatic heterocycles. The number of pyridine rings is 1. The summed E-state index contributed by atoms with van der Waals surface area (Å²) in [4.78, 5) is 18.7. The Labute approximate surface area is 157 Å². The van der Waals surface area contributed by atoms with Gasteiger partial charge in [-0.15, -0.1) is 0 Å². The first kappa shape index (κ1) is 19.4. The fourth-order valence-electron chi connectivity index (χ4n) is 2.39. The van der Waals surface area contributed by atoms with Crippen LogP contribution in [0.2, 0.25) is 0 Å².